The molecular weight excluding hydrogens is 286 g/mol. The van der Waals surface area contributed by atoms with E-state index in [1.807, 2.05) is 20.0 Å². The van der Waals surface area contributed by atoms with Gasteiger partial charge in [-0.05, 0) is 55.8 Å². The van der Waals surface area contributed by atoms with E-state index in [1.54, 1.807) is 37.5 Å². The first-order valence-corrected chi connectivity index (χ1v) is 8.10. The number of anilines is 1. The number of hydrogen-bond donors (Lipinski definition) is 2. The van der Waals surface area contributed by atoms with Crippen molar-refractivity contribution in [3.05, 3.63) is 53.3 Å². The largest absolute Gasteiger partial charge is 0.316 e. The maximum Gasteiger partial charge on any atom is 0.262 e. The Labute approximate surface area is 125 Å². The van der Waals surface area contributed by atoms with Crippen molar-refractivity contribution in [2.75, 3.05) is 11.8 Å². The zero-order valence-corrected chi connectivity index (χ0v) is 13.2. The molecule has 0 aliphatic rings. The molecule has 0 spiro atoms. The van der Waals surface area contributed by atoms with Crippen LogP contribution in [0.15, 0.2) is 41.6 Å². The van der Waals surface area contributed by atoms with E-state index in [-0.39, 0.29) is 0 Å². The third-order valence-electron chi connectivity index (χ3n) is 3.22. The Bertz CT molecular complexity index is 728. The summed E-state index contributed by atoms with van der Waals surface area (Å²) in [6, 6.07) is 6.86. The normalized spacial score (nSPS) is 11.4. The highest BCUT2D eigenvalue weighted by molar-refractivity contribution is 7.92. The van der Waals surface area contributed by atoms with Crippen molar-refractivity contribution in [2.45, 2.75) is 25.3 Å². The van der Waals surface area contributed by atoms with Crippen molar-refractivity contribution in [2.24, 2.45) is 0 Å². The zero-order valence-electron chi connectivity index (χ0n) is 12.3. The van der Waals surface area contributed by atoms with Crippen molar-refractivity contribution < 1.29 is 8.42 Å². The first-order chi connectivity index (χ1) is 9.94. The third-order valence-corrected chi connectivity index (χ3v) is 4.75. The molecule has 0 atom stereocenters. The van der Waals surface area contributed by atoms with E-state index in [0.717, 1.165) is 16.7 Å². The minimum absolute atomic E-state index is 0.301. The van der Waals surface area contributed by atoms with E-state index in [9.17, 15) is 8.42 Å². The van der Waals surface area contributed by atoms with E-state index in [1.165, 1.54) is 0 Å². The van der Waals surface area contributed by atoms with E-state index in [0.29, 0.717) is 17.1 Å². The van der Waals surface area contributed by atoms with Gasteiger partial charge < -0.3 is 5.32 Å². The third kappa shape index (κ3) is 3.59. The number of sulfonamides is 1. The number of benzene rings is 1. The van der Waals surface area contributed by atoms with Gasteiger partial charge in [-0.15, -0.1) is 0 Å². The predicted octanol–water partition coefficient (Wildman–Crippen LogP) is 2.22. The van der Waals surface area contributed by atoms with Gasteiger partial charge >= 0.3 is 0 Å². The van der Waals surface area contributed by atoms with E-state index >= 15 is 0 Å². The van der Waals surface area contributed by atoms with Crippen molar-refractivity contribution in [3.8, 4) is 0 Å². The van der Waals surface area contributed by atoms with Gasteiger partial charge in [0.2, 0.25) is 0 Å². The highest BCUT2D eigenvalue weighted by Gasteiger charge is 2.18. The Balaban J connectivity index is 2.42. The van der Waals surface area contributed by atoms with Crippen LogP contribution < -0.4 is 10.0 Å². The topological polar surface area (TPSA) is 71.1 Å². The fourth-order valence-corrected chi connectivity index (χ4v) is 3.51. The first kappa shape index (κ1) is 15.5. The molecule has 0 unspecified atom stereocenters. The molecule has 1 aromatic carbocycles. The molecule has 0 fully saturated rings. The quantitative estimate of drug-likeness (QED) is 0.888. The molecule has 0 aliphatic carbocycles. The lowest BCUT2D eigenvalue weighted by Crippen LogP contribution is -2.16. The molecule has 6 heteroatoms. The summed E-state index contributed by atoms with van der Waals surface area (Å²) in [6.07, 6.45) is 3.10. The van der Waals surface area contributed by atoms with Gasteiger partial charge in [0.1, 0.15) is 0 Å². The molecule has 0 saturated heterocycles. The lowest BCUT2D eigenvalue weighted by molar-refractivity contribution is 0.600. The van der Waals surface area contributed by atoms with Crippen molar-refractivity contribution in [1.29, 1.82) is 0 Å². The Morgan fingerprint density at radius 1 is 1.10 bits per heavy atom. The van der Waals surface area contributed by atoms with Gasteiger partial charge in [-0.2, -0.15) is 0 Å². The van der Waals surface area contributed by atoms with Crippen LogP contribution in [0.5, 0.6) is 0 Å². The number of aromatic nitrogens is 1. The first-order valence-electron chi connectivity index (χ1n) is 6.61. The van der Waals surface area contributed by atoms with Gasteiger partial charge in [0.05, 0.1) is 10.6 Å². The van der Waals surface area contributed by atoms with Crippen molar-refractivity contribution in [1.82, 2.24) is 10.3 Å². The molecule has 2 rings (SSSR count). The van der Waals surface area contributed by atoms with Gasteiger partial charge in [0.25, 0.3) is 10.0 Å². The number of rotatable bonds is 5. The van der Waals surface area contributed by atoms with Crippen LogP contribution in [0.3, 0.4) is 0 Å². The summed E-state index contributed by atoms with van der Waals surface area (Å²) < 4.78 is 27.7. The molecule has 5 nitrogen and oxygen atoms in total. The molecule has 0 bridgehead atoms. The molecule has 2 aromatic rings. The SMILES string of the molecule is CNCc1cc(S(=O)(=O)Nc2ccncc2)c(C)cc1C. The minimum Gasteiger partial charge on any atom is -0.316 e. The lowest BCUT2D eigenvalue weighted by atomic mass is 10.1. The van der Waals surface area contributed by atoms with Gasteiger partial charge in [0, 0.05) is 18.9 Å². The number of aryl methyl sites for hydroxylation is 2. The van der Waals surface area contributed by atoms with Crippen molar-refractivity contribution in [3.63, 3.8) is 0 Å². The van der Waals surface area contributed by atoms with Gasteiger partial charge in [-0.3, -0.25) is 9.71 Å². The second-order valence-corrected chi connectivity index (χ2v) is 6.57. The lowest BCUT2D eigenvalue weighted by Gasteiger charge is -2.14. The van der Waals surface area contributed by atoms with Crippen LogP contribution in [-0.2, 0) is 16.6 Å². The minimum atomic E-state index is -3.61. The second-order valence-electron chi connectivity index (χ2n) is 4.92. The Hall–Kier alpha value is -1.92. The van der Waals surface area contributed by atoms with Crippen LogP contribution in [0.4, 0.5) is 5.69 Å². The van der Waals surface area contributed by atoms with Crippen LogP contribution in [-0.4, -0.2) is 20.4 Å². The van der Waals surface area contributed by atoms with Crippen LogP contribution in [0, 0.1) is 13.8 Å². The summed E-state index contributed by atoms with van der Waals surface area (Å²) >= 11 is 0. The van der Waals surface area contributed by atoms with Gasteiger partial charge in [-0.25, -0.2) is 8.42 Å². The second kappa shape index (κ2) is 6.24. The molecule has 0 aliphatic heterocycles. The molecule has 0 saturated carbocycles. The molecule has 2 N–H and O–H groups in total. The van der Waals surface area contributed by atoms with Crippen molar-refractivity contribution >= 4 is 15.7 Å². The van der Waals surface area contributed by atoms with E-state index in [4.69, 9.17) is 0 Å². The van der Waals surface area contributed by atoms with Crippen LogP contribution >= 0.6 is 0 Å². The molecule has 0 amide bonds. The Kier molecular flexibility index (Phi) is 4.59. The Morgan fingerprint density at radius 2 is 1.76 bits per heavy atom. The summed E-state index contributed by atoms with van der Waals surface area (Å²) in [7, 11) is -1.77. The van der Waals surface area contributed by atoms with E-state index in [2.05, 4.69) is 15.0 Å². The van der Waals surface area contributed by atoms with E-state index < -0.39 is 10.0 Å². The number of nitrogens with one attached hydrogen (secondary N) is 2. The molecule has 0 radical (unpaired) electrons. The number of pyridine rings is 1. The predicted molar refractivity (Wildman–Crippen MR) is 83.7 cm³/mol. The maximum atomic E-state index is 12.5. The number of nitrogens with zero attached hydrogens (tertiary/aromatic N) is 1. The zero-order chi connectivity index (χ0) is 15.5. The maximum absolute atomic E-state index is 12.5. The fraction of sp³-hybridized carbons (Fsp3) is 0.267. The fourth-order valence-electron chi connectivity index (χ4n) is 2.18. The molecule has 1 aromatic heterocycles. The molecule has 1 heterocycles. The number of hydrogen-bond acceptors (Lipinski definition) is 4. The average molecular weight is 305 g/mol. The van der Waals surface area contributed by atoms with Crippen LogP contribution in [0.2, 0.25) is 0 Å². The molecule has 112 valence electrons. The van der Waals surface area contributed by atoms with Gasteiger partial charge in [-0.1, -0.05) is 6.07 Å². The summed E-state index contributed by atoms with van der Waals surface area (Å²) in [5.41, 5.74) is 3.27. The Morgan fingerprint density at radius 3 is 2.38 bits per heavy atom. The molecule has 21 heavy (non-hydrogen) atoms. The van der Waals surface area contributed by atoms with Crippen LogP contribution in [0.25, 0.3) is 0 Å². The summed E-state index contributed by atoms with van der Waals surface area (Å²) in [4.78, 5) is 4.17. The smallest absolute Gasteiger partial charge is 0.262 e. The summed E-state index contributed by atoms with van der Waals surface area (Å²) in [5.74, 6) is 0. The average Bonchev–Trinajstić information content (AvgIpc) is 2.42. The standard InChI is InChI=1S/C15H19N3O2S/c1-11-8-12(2)15(9-13(11)10-16-3)21(19,20)18-14-4-6-17-7-5-14/h4-9,16H,10H2,1-3H3,(H,17,18). The molecular formula is C15H19N3O2S. The monoisotopic (exact) mass is 305 g/mol. The highest BCUT2D eigenvalue weighted by atomic mass is 32.2. The van der Waals surface area contributed by atoms with Gasteiger partial charge in [0.15, 0.2) is 0 Å². The summed E-state index contributed by atoms with van der Waals surface area (Å²) in [5, 5.41) is 3.05. The van der Waals surface area contributed by atoms with Crippen LogP contribution in [0.1, 0.15) is 16.7 Å². The highest BCUT2D eigenvalue weighted by Crippen LogP contribution is 2.23. The summed E-state index contributed by atoms with van der Waals surface area (Å²) in [6.45, 7) is 4.41.